The molecule has 0 saturated carbocycles. The van der Waals surface area contributed by atoms with Crippen molar-refractivity contribution in [1.29, 1.82) is 0 Å². The van der Waals surface area contributed by atoms with Gasteiger partial charge in [0.1, 0.15) is 12.6 Å². The molecule has 212 valence electrons. The van der Waals surface area contributed by atoms with Crippen LogP contribution in [0.15, 0.2) is 48.5 Å². The summed E-state index contributed by atoms with van der Waals surface area (Å²) >= 11 is 1.48. The van der Waals surface area contributed by atoms with Gasteiger partial charge in [-0.3, -0.25) is 4.79 Å². The number of amides is 2. The molecular formula is C30H40N2O6S. The minimum atomic E-state index is -1.29. The summed E-state index contributed by atoms with van der Waals surface area (Å²) in [5.41, 5.74) is 3.81. The van der Waals surface area contributed by atoms with E-state index in [0.29, 0.717) is 0 Å². The highest BCUT2D eigenvalue weighted by Gasteiger charge is 2.34. The second-order valence-electron chi connectivity index (χ2n) is 11.7. The maximum absolute atomic E-state index is 13.3. The number of benzene rings is 2. The number of hydrogen-bond acceptors (Lipinski definition) is 6. The van der Waals surface area contributed by atoms with Crippen LogP contribution in [0.2, 0.25) is 0 Å². The monoisotopic (exact) mass is 556 g/mol. The number of hydrogen-bond donors (Lipinski definition) is 3. The SMILES string of the molecule is C[C@@H](OC(C)(C)C)[C@H](NC(=O)[C@@H](CSC(C)(C)C)NC(=O)OCC1c2ccccc2-c2ccccc21)C(=O)O. The van der Waals surface area contributed by atoms with E-state index in [1.807, 2.05) is 77.9 Å². The molecule has 3 rings (SSSR count). The summed E-state index contributed by atoms with van der Waals surface area (Å²) in [5.74, 6) is -1.72. The number of carbonyl (C=O) groups is 3. The Hall–Kier alpha value is -3.04. The molecule has 3 atom stereocenters. The van der Waals surface area contributed by atoms with Crippen LogP contribution < -0.4 is 10.6 Å². The molecule has 3 N–H and O–H groups in total. The summed E-state index contributed by atoms with van der Waals surface area (Å²) in [7, 11) is 0. The summed E-state index contributed by atoms with van der Waals surface area (Å²) in [6.45, 7) is 13.1. The number of rotatable bonds is 10. The molecule has 1 aliphatic rings. The van der Waals surface area contributed by atoms with Gasteiger partial charge in [0, 0.05) is 16.4 Å². The fourth-order valence-corrected chi connectivity index (χ4v) is 5.46. The predicted octanol–water partition coefficient (Wildman–Crippen LogP) is 5.20. The highest BCUT2D eigenvalue weighted by Crippen LogP contribution is 2.44. The fourth-order valence-electron chi connectivity index (χ4n) is 4.56. The third-order valence-electron chi connectivity index (χ3n) is 6.21. The lowest BCUT2D eigenvalue weighted by Crippen LogP contribution is -2.56. The second-order valence-corrected chi connectivity index (χ2v) is 13.6. The first-order valence-electron chi connectivity index (χ1n) is 13.1. The lowest BCUT2D eigenvalue weighted by molar-refractivity contribution is -0.150. The Morgan fingerprint density at radius 2 is 1.46 bits per heavy atom. The minimum Gasteiger partial charge on any atom is -0.480 e. The molecule has 9 heteroatoms. The highest BCUT2D eigenvalue weighted by atomic mass is 32.2. The van der Waals surface area contributed by atoms with Gasteiger partial charge in [-0.25, -0.2) is 9.59 Å². The number of aliphatic carboxylic acids is 1. The zero-order valence-corrected chi connectivity index (χ0v) is 24.6. The first kappa shape index (κ1) is 30.5. The van der Waals surface area contributed by atoms with Crippen molar-refractivity contribution < 1.29 is 29.0 Å². The molecule has 8 nitrogen and oxygen atoms in total. The maximum atomic E-state index is 13.3. The lowest BCUT2D eigenvalue weighted by atomic mass is 9.98. The summed E-state index contributed by atoms with van der Waals surface area (Å²) in [6, 6.07) is 13.8. The molecule has 1 aliphatic carbocycles. The summed E-state index contributed by atoms with van der Waals surface area (Å²) < 4.78 is 11.2. The Kier molecular flexibility index (Phi) is 9.72. The molecule has 0 radical (unpaired) electrons. The largest absolute Gasteiger partial charge is 0.480 e. The first-order valence-corrected chi connectivity index (χ1v) is 14.1. The number of carbonyl (C=O) groups excluding carboxylic acids is 2. The van der Waals surface area contributed by atoms with Gasteiger partial charge in [0.05, 0.1) is 11.7 Å². The van der Waals surface area contributed by atoms with Crippen molar-refractivity contribution in [2.24, 2.45) is 0 Å². The zero-order valence-electron chi connectivity index (χ0n) is 23.7. The van der Waals surface area contributed by atoms with Crippen LogP contribution in [0.1, 0.15) is 65.5 Å². The summed E-state index contributed by atoms with van der Waals surface area (Å²) in [5, 5.41) is 15.0. The third kappa shape index (κ3) is 8.47. The molecule has 2 aromatic rings. The van der Waals surface area contributed by atoms with Gasteiger partial charge in [-0.05, 0) is 49.9 Å². The third-order valence-corrected chi connectivity index (χ3v) is 7.57. The van der Waals surface area contributed by atoms with Gasteiger partial charge >= 0.3 is 12.1 Å². The first-order chi connectivity index (χ1) is 18.2. The molecule has 0 bridgehead atoms. The average Bonchev–Trinajstić information content (AvgIpc) is 3.15. The van der Waals surface area contributed by atoms with Crippen molar-refractivity contribution in [3.05, 3.63) is 59.7 Å². The van der Waals surface area contributed by atoms with Crippen molar-refractivity contribution in [1.82, 2.24) is 10.6 Å². The molecule has 0 fully saturated rings. The zero-order chi connectivity index (χ0) is 29.0. The van der Waals surface area contributed by atoms with E-state index in [1.165, 1.54) is 11.8 Å². The number of carboxylic acids is 1. The standard InChI is InChI=1S/C30H40N2O6S/c1-18(38-29(2,3)4)25(27(34)35)32-26(33)24(17-39-30(5,6)7)31-28(36)37-16-23-21-14-10-8-12-19(21)20-13-9-11-15-22(20)23/h8-15,18,23-25H,16-17H2,1-7H3,(H,31,36)(H,32,33)(H,34,35)/t18-,24-,25+/m1/s1. The van der Waals surface area contributed by atoms with E-state index in [0.717, 1.165) is 22.3 Å². The minimum absolute atomic E-state index is 0.106. The van der Waals surface area contributed by atoms with Gasteiger partial charge in [0.2, 0.25) is 5.91 Å². The van der Waals surface area contributed by atoms with Gasteiger partial charge in [-0.1, -0.05) is 69.3 Å². The van der Waals surface area contributed by atoms with Crippen LogP contribution in [-0.4, -0.2) is 64.0 Å². The van der Waals surface area contributed by atoms with E-state index in [1.54, 1.807) is 6.92 Å². The van der Waals surface area contributed by atoms with Gasteiger partial charge in [0.25, 0.3) is 0 Å². The van der Waals surface area contributed by atoms with Crippen LogP contribution in [0, 0.1) is 0 Å². The Balaban J connectivity index is 1.71. The van der Waals surface area contributed by atoms with Crippen LogP contribution in [0.3, 0.4) is 0 Å². The molecule has 2 amide bonds. The Bertz CT molecular complexity index is 1140. The van der Waals surface area contributed by atoms with Crippen molar-refractivity contribution in [3.63, 3.8) is 0 Å². The molecule has 0 aromatic heterocycles. The van der Waals surface area contributed by atoms with E-state index < -0.39 is 41.8 Å². The van der Waals surface area contributed by atoms with E-state index in [2.05, 4.69) is 22.8 Å². The Labute approximate surface area is 235 Å². The molecule has 0 heterocycles. The number of fused-ring (bicyclic) bond motifs is 3. The fraction of sp³-hybridized carbons (Fsp3) is 0.500. The number of nitrogens with one attached hydrogen (secondary N) is 2. The number of carboxylic acid groups (broad SMARTS) is 1. The number of ether oxygens (including phenoxy) is 2. The second kappa shape index (κ2) is 12.4. The Morgan fingerprint density at radius 3 is 1.95 bits per heavy atom. The smallest absolute Gasteiger partial charge is 0.407 e. The lowest BCUT2D eigenvalue weighted by Gasteiger charge is -2.30. The van der Waals surface area contributed by atoms with Crippen molar-refractivity contribution in [2.45, 2.75) is 82.9 Å². The van der Waals surface area contributed by atoms with Gasteiger partial charge in [-0.2, -0.15) is 11.8 Å². The van der Waals surface area contributed by atoms with Crippen LogP contribution in [0.4, 0.5) is 4.79 Å². The van der Waals surface area contributed by atoms with Gasteiger partial charge in [-0.15, -0.1) is 0 Å². The van der Waals surface area contributed by atoms with E-state index >= 15 is 0 Å². The quantitative estimate of drug-likeness (QED) is 0.369. The molecule has 0 spiro atoms. The normalized spacial score (nSPS) is 15.5. The van der Waals surface area contributed by atoms with Crippen LogP contribution in [0.5, 0.6) is 0 Å². The van der Waals surface area contributed by atoms with Crippen molar-refractivity contribution >= 4 is 29.7 Å². The van der Waals surface area contributed by atoms with E-state index in [-0.39, 0.29) is 23.0 Å². The summed E-state index contributed by atoms with van der Waals surface area (Å²) in [6.07, 6.45) is -1.53. The number of thioether (sulfide) groups is 1. The molecule has 0 unspecified atom stereocenters. The molecule has 2 aromatic carbocycles. The van der Waals surface area contributed by atoms with Crippen molar-refractivity contribution in [2.75, 3.05) is 12.4 Å². The van der Waals surface area contributed by atoms with E-state index in [9.17, 15) is 19.5 Å². The van der Waals surface area contributed by atoms with E-state index in [4.69, 9.17) is 9.47 Å². The Morgan fingerprint density at radius 1 is 0.923 bits per heavy atom. The maximum Gasteiger partial charge on any atom is 0.407 e. The molecular weight excluding hydrogens is 516 g/mol. The summed E-state index contributed by atoms with van der Waals surface area (Å²) in [4.78, 5) is 38.2. The molecule has 0 saturated heterocycles. The van der Waals surface area contributed by atoms with Gasteiger partial charge < -0.3 is 25.2 Å². The molecule has 39 heavy (non-hydrogen) atoms. The van der Waals surface area contributed by atoms with Gasteiger partial charge in [0.15, 0.2) is 6.04 Å². The highest BCUT2D eigenvalue weighted by molar-refractivity contribution is 8.00. The predicted molar refractivity (Wildman–Crippen MR) is 154 cm³/mol. The average molecular weight is 557 g/mol. The number of alkyl carbamates (subject to hydrolysis) is 1. The van der Waals surface area contributed by atoms with Crippen LogP contribution >= 0.6 is 11.8 Å². The molecule has 0 aliphatic heterocycles. The van der Waals surface area contributed by atoms with Crippen molar-refractivity contribution in [3.8, 4) is 11.1 Å². The topological polar surface area (TPSA) is 114 Å². The van der Waals surface area contributed by atoms with Crippen LogP contribution in [-0.2, 0) is 19.1 Å². The van der Waals surface area contributed by atoms with Crippen LogP contribution in [0.25, 0.3) is 11.1 Å².